The summed E-state index contributed by atoms with van der Waals surface area (Å²) in [7, 11) is 1.84. The van der Waals surface area contributed by atoms with Gasteiger partial charge in [0, 0.05) is 13.6 Å². The van der Waals surface area contributed by atoms with Gasteiger partial charge in [-0.3, -0.25) is 9.69 Å². The van der Waals surface area contributed by atoms with Gasteiger partial charge in [0.15, 0.2) is 16.6 Å². The monoisotopic (exact) mass is 346 g/mol. The number of amides is 1. The third-order valence-corrected chi connectivity index (χ3v) is 4.77. The van der Waals surface area contributed by atoms with Crippen LogP contribution in [0.1, 0.15) is 38.2 Å². The highest BCUT2D eigenvalue weighted by molar-refractivity contribution is 7.80. The Morgan fingerprint density at radius 3 is 2.79 bits per heavy atom. The molecule has 1 amide bonds. The van der Waals surface area contributed by atoms with Gasteiger partial charge in [0.2, 0.25) is 6.79 Å². The lowest BCUT2D eigenvalue weighted by Crippen LogP contribution is -2.32. The molecule has 0 aliphatic carbocycles. The molecular formula is C18H22N2O3S. The van der Waals surface area contributed by atoms with Gasteiger partial charge in [-0.2, -0.15) is 0 Å². The van der Waals surface area contributed by atoms with Gasteiger partial charge in [0.25, 0.3) is 5.91 Å². The number of carbonyl (C=O) groups is 1. The maximum atomic E-state index is 12.7. The summed E-state index contributed by atoms with van der Waals surface area (Å²) >= 11 is 5.44. The van der Waals surface area contributed by atoms with E-state index in [0.29, 0.717) is 23.1 Å². The fourth-order valence-corrected chi connectivity index (χ4v) is 3.14. The van der Waals surface area contributed by atoms with Gasteiger partial charge >= 0.3 is 0 Å². The molecule has 2 heterocycles. The van der Waals surface area contributed by atoms with Gasteiger partial charge in [0.05, 0.1) is 0 Å². The van der Waals surface area contributed by atoms with E-state index in [1.54, 1.807) is 9.80 Å². The molecule has 0 atom stereocenters. The highest BCUT2D eigenvalue weighted by Crippen LogP contribution is 2.33. The van der Waals surface area contributed by atoms with Crippen LogP contribution in [-0.2, 0) is 4.79 Å². The van der Waals surface area contributed by atoms with E-state index in [-0.39, 0.29) is 12.7 Å². The predicted molar refractivity (Wildman–Crippen MR) is 96.8 cm³/mol. The SMILES string of the molecule is CCCCCCN1C(=O)/C(=C\c2ccc3c(c2)OCO3)N(C)C1=S. The van der Waals surface area contributed by atoms with E-state index in [4.69, 9.17) is 21.7 Å². The Hall–Kier alpha value is -2.08. The number of hydrogen-bond acceptors (Lipinski definition) is 4. The van der Waals surface area contributed by atoms with Gasteiger partial charge in [-0.1, -0.05) is 32.3 Å². The number of rotatable bonds is 6. The fourth-order valence-electron chi connectivity index (χ4n) is 2.87. The van der Waals surface area contributed by atoms with Gasteiger partial charge in [0.1, 0.15) is 5.70 Å². The van der Waals surface area contributed by atoms with Crippen molar-refractivity contribution >= 4 is 29.3 Å². The van der Waals surface area contributed by atoms with E-state index in [0.717, 1.165) is 24.2 Å². The molecule has 0 aromatic heterocycles. The molecular weight excluding hydrogens is 324 g/mol. The van der Waals surface area contributed by atoms with Crippen LogP contribution in [0.25, 0.3) is 6.08 Å². The molecule has 1 aromatic carbocycles. The van der Waals surface area contributed by atoms with Crippen LogP contribution >= 0.6 is 12.2 Å². The summed E-state index contributed by atoms with van der Waals surface area (Å²) in [5.41, 5.74) is 1.49. The lowest BCUT2D eigenvalue weighted by Gasteiger charge is -2.16. The van der Waals surface area contributed by atoms with Crippen molar-refractivity contribution in [2.24, 2.45) is 0 Å². The molecule has 128 valence electrons. The van der Waals surface area contributed by atoms with E-state index in [9.17, 15) is 4.79 Å². The minimum absolute atomic E-state index is 0.0309. The van der Waals surface area contributed by atoms with Crippen molar-refractivity contribution in [1.82, 2.24) is 9.80 Å². The zero-order valence-electron chi connectivity index (χ0n) is 14.1. The molecule has 5 nitrogen and oxygen atoms in total. The van der Waals surface area contributed by atoms with Crippen LogP contribution < -0.4 is 9.47 Å². The maximum absolute atomic E-state index is 12.7. The molecule has 0 saturated carbocycles. The lowest BCUT2D eigenvalue weighted by atomic mass is 10.1. The fraction of sp³-hybridized carbons (Fsp3) is 0.444. The summed E-state index contributed by atoms with van der Waals surface area (Å²) in [6, 6.07) is 5.65. The minimum Gasteiger partial charge on any atom is -0.454 e. The molecule has 0 unspecified atom stereocenters. The van der Waals surface area contributed by atoms with Crippen molar-refractivity contribution < 1.29 is 14.3 Å². The minimum atomic E-state index is -0.0309. The largest absolute Gasteiger partial charge is 0.454 e. The number of benzene rings is 1. The topological polar surface area (TPSA) is 42.0 Å². The molecule has 2 aliphatic rings. The summed E-state index contributed by atoms with van der Waals surface area (Å²) in [4.78, 5) is 16.2. The first-order valence-corrected chi connectivity index (χ1v) is 8.73. The highest BCUT2D eigenvalue weighted by atomic mass is 32.1. The van der Waals surface area contributed by atoms with Crippen molar-refractivity contribution in [3.8, 4) is 11.5 Å². The van der Waals surface area contributed by atoms with E-state index < -0.39 is 0 Å². The first-order chi connectivity index (χ1) is 11.6. The van der Waals surface area contributed by atoms with Crippen molar-refractivity contribution in [2.45, 2.75) is 32.6 Å². The number of ether oxygens (including phenoxy) is 2. The average Bonchev–Trinajstić information content (AvgIpc) is 3.12. The summed E-state index contributed by atoms with van der Waals surface area (Å²) in [5.74, 6) is 1.41. The average molecular weight is 346 g/mol. The molecule has 0 spiro atoms. The van der Waals surface area contributed by atoms with Crippen LogP contribution in [0.4, 0.5) is 0 Å². The third-order valence-electron chi connectivity index (χ3n) is 4.28. The summed E-state index contributed by atoms with van der Waals surface area (Å²) < 4.78 is 10.7. The Kier molecular flexibility index (Phi) is 5.04. The second-order valence-corrected chi connectivity index (χ2v) is 6.37. The van der Waals surface area contributed by atoms with Crippen LogP contribution in [-0.4, -0.2) is 41.2 Å². The Labute approximate surface area is 147 Å². The molecule has 6 heteroatoms. The number of hydrogen-bond donors (Lipinski definition) is 0. The molecule has 2 aliphatic heterocycles. The van der Waals surface area contributed by atoms with Crippen molar-refractivity contribution in [1.29, 1.82) is 0 Å². The van der Waals surface area contributed by atoms with E-state index in [2.05, 4.69) is 6.92 Å². The molecule has 1 saturated heterocycles. The second kappa shape index (κ2) is 7.21. The summed E-state index contributed by atoms with van der Waals surface area (Å²) in [6.07, 6.45) is 6.30. The van der Waals surface area contributed by atoms with Crippen LogP contribution in [0.2, 0.25) is 0 Å². The molecule has 0 radical (unpaired) electrons. The maximum Gasteiger partial charge on any atom is 0.276 e. The van der Waals surface area contributed by atoms with Crippen molar-refractivity contribution in [3.63, 3.8) is 0 Å². The highest BCUT2D eigenvalue weighted by Gasteiger charge is 2.35. The lowest BCUT2D eigenvalue weighted by molar-refractivity contribution is -0.122. The number of fused-ring (bicyclic) bond motifs is 1. The normalized spacial score (nSPS) is 18.2. The standard InChI is InChI=1S/C18H22N2O3S/c1-3-4-5-6-9-20-17(21)14(19(2)18(20)24)10-13-7-8-15-16(11-13)23-12-22-15/h7-8,10-11H,3-6,9,12H2,1-2H3/b14-10+. The first kappa shape index (κ1) is 16.8. The van der Waals surface area contributed by atoms with Crippen LogP contribution in [0.3, 0.4) is 0 Å². The van der Waals surface area contributed by atoms with E-state index >= 15 is 0 Å². The Bertz CT molecular complexity index is 687. The molecule has 0 bridgehead atoms. The Morgan fingerprint density at radius 1 is 1.21 bits per heavy atom. The summed E-state index contributed by atoms with van der Waals surface area (Å²) in [6.45, 7) is 3.09. The zero-order chi connectivity index (χ0) is 17.1. The first-order valence-electron chi connectivity index (χ1n) is 8.32. The Morgan fingerprint density at radius 2 is 2.00 bits per heavy atom. The van der Waals surface area contributed by atoms with Gasteiger partial charge in [-0.05, 0) is 42.4 Å². The van der Waals surface area contributed by atoms with Crippen LogP contribution in [0.15, 0.2) is 23.9 Å². The van der Waals surface area contributed by atoms with Crippen molar-refractivity contribution in [3.05, 3.63) is 29.5 Å². The number of unbranched alkanes of at least 4 members (excludes halogenated alkanes) is 3. The molecule has 1 fully saturated rings. The number of thiocarbonyl (C=S) groups is 1. The predicted octanol–water partition coefficient (Wildman–Crippen LogP) is 3.40. The third kappa shape index (κ3) is 3.24. The molecule has 3 rings (SSSR count). The molecule has 0 N–H and O–H groups in total. The summed E-state index contributed by atoms with van der Waals surface area (Å²) in [5, 5.41) is 0.573. The quantitative estimate of drug-likeness (QED) is 0.449. The van der Waals surface area contributed by atoms with E-state index in [1.807, 2.05) is 31.3 Å². The number of likely N-dealkylation sites (N-methyl/N-ethyl adjacent to an activating group) is 1. The van der Waals surface area contributed by atoms with Crippen molar-refractivity contribution in [2.75, 3.05) is 20.4 Å². The second-order valence-electron chi connectivity index (χ2n) is 6.00. The van der Waals surface area contributed by atoms with Crippen LogP contribution in [0.5, 0.6) is 11.5 Å². The van der Waals surface area contributed by atoms with Gasteiger partial charge in [-0.15, -0.1) is 0 Å². The van der Waals surface area contributed by atoms with Gasteiger partial charge in [-0.25, -0.2) is 0 Å². The van der Waals surface area contributed by atoms with E-state index in [1.165, 1.54) is 12.8 Å². The Balaban J connectivity index is 1.75. The number of carbonyl (C=O) groups excluding carboxylic acids is 1. The van der Waals surface area contributed by atoms with Gasteiger partial charge < -0.3 is 14.4 Å². The smallest absolute Gasteiger partial charge is 0.276 e. The molecule has 24 heavy (non-hydrogen) atoms. The molecule has 1 aromatic rings. The van der Waals surface area contributed by atoms with Crippen LogP contribution in [0, 0.1) is 0 Å². The zero-order valence-corrected chi connectivity index (χ0v) is 14.9. The number of nitrogens with zero attached hydrogens (tertiary/aromatic N) is 2.